The standard InChI is InChI=1S/C44H54Si2/c1-33(2)45(34(3)4,35(5)6)31-29-43-25-21-41(22-26-43)19-17-39-13-15-40(16-14-39)18-20-42-23-27-44(28-24-42)30-32-46(36(7)8,37(9)10)38(11)12/h13-16,21-28,33-38H,1-12H3. The second-order valence-corrected chi connectivity index (χ2v) is 25.7. The molecule has 0 aliphatic carbocycles. The van der Waals surface area contributed by atoms with E-state index in [9.17, 15) is 0 Å². The normalized spacial score (nSPS) is 11.5. The van der Waals surface area contributed by atoms with Gasteiger partial charge in [0.15, 0.2) is 0 Å². The van der Waals surface area contributed by atoms with Crippen LogP contribution in [0, 0.1) is 46.6 Å². The van der Waals surface area contributed by atoms with Gasteiger partial charge in [-0.15, -0.1) is 11.1 Å². The van der Waals surface area contributed by atoms with Crippen molar-refractivity contribution in [1.29, 1.82) is 0 Å². The van der Waals surface area contributed by atoms with E-state index in [1.54, 1.807) is 0 Å². The molecule has 46 heavy (non-hydrogen) atoms. The van der Waals surface area contributed by atoms with E-state index in [-0.39, 0.29) is 0 Å². The molecule has 0 spiro atoms. The minimum atomic E-state index is -1.74. The molecule has 0 heterocycles. The van der Waals surface area contributed by atoms with Crippen LogP contribution in [0.3, 0.4) is 0 Å². The van der Waals surface area contributed by atoms with Crippen molar-refractivity contribution in [1.82, 2.24) is 0 Å². The Morgan fingerprint density at radius 1 is 0.283 bits per heavy atom. The molecule has 0 fully saturated rings. The molecule has 3 aromatic rings. The van der Waals surface area contributed by atoms with Crippen molar-refractivity contribution >= 4 is 16.1 Å². The van der Waals surface area contributed by atoms with Gasteiger partial charge in [0.1, 0.15) is 16.1 Å². The van der Waals surface area contributed by atoms with E-state index in [1.165, 1.54) is 0 Å². The molecule has 0 N–H and O–H groups in total. The van der Waals surface area contributed by atoms with Crippen LogP contribution in [0.15, 0.2) is 72.8 Å². The number of hydrogen-bond donors (Lipinski definition) is 0. The first-order chi connectivity index (χ1) is 21.7. The zero-order valence-electron chi connectivity index (χ0n) is 30.4. The maximum atomic E-state index is 3.81. The fraction of sp³-hybridized carbons (Fsp3) is 0.409. The summed E-state index contributed by atoms with van der Waals surface area (Å²) in [6.45, 7) is 28.2. The van der Waals surface area contributed by atoms with Crippen molar-refractivity contribution in [3.05, 3.63) is 106 Å². The molecule has 0 unspecified atom stereocenters. The van der Waals surface area contributed by atoms with E-state index in [1.807, 2.05) is 24.3 Å². The van der Waals surface area contributed by atoms with Crippen molar-refractivity contribution in [3.8, 4) is 46.6 Å². The molecule has 0 aromatic heterocycles. The van der Waals surface area contributed by atoms with Crippen LogP contribution in [-0.4, -0.2) is 16.1 Å². The monoisotopic (exact) mass is 638 g/mol. The minimum Gasteiger partial charge on any atom is -0.125 e. The van der Waals surface area contributed by atoms with Gasteiger partial charge >= 0.3 is 0 Å². The zero-order valence-corrected chi connectivity index (χ0v) is 32.4. The van der Waals surface area contributed by atoms with E-state index >= 15 is 0 Å². The number of benzene rings is 3. The zero-order chi connectivity index (χ0) is 34.1. The van der Waals surface area contributed by atoms with Crippen LogP contribution in [0.4, 0.5) is 0 Å². The fourth-order valence-corrected chi connectivity index (χ4v) is 17.9. The largest absolute Gasteiger partial charge is 0.146 e. The quantitative estimate of drug-likeness (QED) is 0.186. The van der Waals surface area contributed by atoms with Crippen molar-refractivity contribution in [2.24, 2.45) is 0 Å². The van der Waals surface area contributed by atoms with Gasteiger partial charge in [0.05, 0.1) is 0 Å². The Hall–Kier alpha value is -3.67. The fourth-order valence-electron chi connectivity index (χ4n) is 7.43. The maximum Gasteiger partial charge on any atom is 0.146 e. The van der Waals surface area contributed by atoms with Gasteiger partial charge in [0.2, 0.25) is 0 Å². The van der Waals surface area contributed by atoms with Gasteiger partial charge in [-0.3, -0.25) is 0 Å². The highest BCUT2D eigenvalue weighted by Crippen LogP contribution is 2.41. The maximum absolute atomic E-state index is 3.81. The summed E-state index contributed by atoms with van der Waals surface area (Å²) in [7, 11) is -3.47. The molecule has 2 heteroatoms. The first-order valence-electron chi connectivity index (χ1n) is 17.1. The van der Waals surface area contributed by atoms with Crippen molar-refractivity contribution < 1.29 is 0 Å². The van der Waals surface area contributed by atoms with Gasteiger partial charge in [0, 0.05) is 33.4 Å². The van der Waals surface area contributed by atoms with Crippen LogP contribution in [0.1, 0.15) is 116 Å². The number of rotatable bonds is 6. The molecular formula is C44H54Si2. The van der Waals surface area contributed by atoms with Crippen LogP contribution in [-0.2, 0) is 0 Å². The lowest BCUT2D eigenvalue weighted by atomic mass is 10.1. The van der Waals surface area contributed by atoms with Gasteiger partial charge in [-0.1, -0.05) is 119 Å². The van der Waals surface area contributed by atoms with E-state index in [0.717, 1.165) is 33.4 Å². The topological polar surface area (TPSA) is 0 Å². The summed E-state index contributed by atoms with van der Waals surface area (Å²) in [6, 6.07) is 24.9. The van der Waals surface area contributed by atoms with Gasteiger partial charge in [0.25, 0.3) is 0 Å². The third-order valence-corrected chi connectivity index (χ3v) is 22.5. The highest BCUT2D eigenvalue weighted by molar-refractivity contribution is 6.91. The predicted octanol–water partition coefficient (Wildman–Crippen LogP) is 11.6. The molecule has 3 aromatic carbocycles. The molecule has 0 aliphatic rings. The van der Waals surface area contributed by atoms with Gasteiger partial charge in [-0.25, -0.2) is 0 Å². The van der Waals surface area contributed by atoms with Crippen molar-refractivity contribution in [2.75, 3.05) is 0 Å². The first kappa shape index (κ1) is 36.8. The third kappa shape index (κ3) is 8.77. The lowest BCUT2D eigenvalue weighted by Crippen LogP contribution is -2.43. The Labute approximate surface area is 284 Å². The first-order valence-corrected chi connectivity index (χ1v) is 21.6. The summed E-state index contributed by atoms with van der Waals surface area (Å²) in [6.07, 6.45) is 0. The van der Waals surface area contributed by atoms with E-state index < -0.39 is 16.1 Å². The highest BCUT2D eigenvalue weighted by Gasteiger charge is 2.42. The lowest BCUT2D eigenvalue weighted by molar-refractivity contribution is 0.838. The Morgan fingerprint density at radius 2 is 0.435 bits per heavy atom. The highest BCUT2D eigenvalue weighted by atomic mass is 28.3. The minimum absolute atomic E-state index is 0.630. The summed E-state index contributed by atoms with van der Waals surface area (Å²) in [5.41, 5.74) is 17.5. The second-order valence-electron chi connectivity index (χ2n) is 14.5. The summed E-state index contributed by atoms with van der Waals surface area (Å²) < 4.78 is 0. The van der Waals surface area contributed by atoms with Crippen LogP contribution >= 0.6 is 0 Å². The third-order valence-electron chi connectivity index (χ3n) is 9.94. The summed E-state index contributed by atoms with van der Waals surface area (Å²) in [5.74, 6) is 20.3. The molecule has 0 saturated heterocycles. The smallest absolute Gasteiger partial charge is 0.125 e. The average Bonchev–Trinajstić information content (AvgIpc) is 3.00. The van der Waals surface area contributed by atoms with Crippen LogP contribution in [0.2, 0.25) is 33.2 Å². The van der Waals surface area contributed by atoms with Gasteiger partial charge < -0.3 is 0 Å². The van der Waals surface area contributed by atoms with Crippen LogP contribution in [0.25, 0.3) is 0 Å². The summed E-state index contributed by atoms with van der Waals surface area (Å²) in [4.78, 5) is 0. The Morgan fingerprint density at radius 3 is 0.587 bits per heavy atom. The number of hydrogen-bond acceptors (Lipinski definition) is 0. The predicted molar refractivity (Wildman–Crippen MR) is 207 cm³/mol. The molecule has 0 bridgehead atoms. The molecule has 0 amide bonds. The Kier molecular flexibility index (Phi) is 13.0. The summed E-state index contributed by atoms with van der Waals surface area (Å²) >= 11 is 0. The molecule has 238 valence electrons. The van der Waals surface area contributed by atoms with E-state index in [4.69, 9.17) is 0 Å². The molecule has 0 aliphatic heterocycles. The SMILES string of the molecule is CC(C)[Si](C#Cc1ccc(C#Cc2ccc(C#Cc3ccc(C#C[Si](C(C)C)(C(C)C)C(C)C)cc3)cc2)cc1)(C(C)C)C(C)C. The average molecular weight is 639 g/mol. The van der Waals surface area contributed by atoms with Crippen molar-refractivity contribution in [2.45, 2.75) is 116 Å². The van der Waals surface area contributed by atoms with Crippen molar-refractivity contribution in [3.63, 3.8) is 0 Å². The molecule has 0 saturated carbocycles. The van der Waals surface area contributed by atoms with Crippen LogP contribution in [0.5, 0.6) is 0 Å². The summed E-state index contributed by atoms with van der Waals surface area (Å²) in [5, 5.41) is 0. The Bertz CT molecular complexity index is 1510. The second kappa shape index (κ2) is 16.2. The molecule has 0 radical (unpaired) electrons. The van der Waals surface area contributed by atoms with Gasteiger partial charge in [-0.05, 0) is 106 Å². The van der Waals surface area contributed by atoms with E-state index in [0.29, 0.717) is 33.2 Å². The van der Waals surface area contributed by atoms with Gasteiger partial charge in [-0.2, -0.15) is 0 Å². The van der Waals surface area contributed by atoms with E-state index in [2.05, 4.69) is 178 Å². The molecule has 0 nitrogen and oxygen atoms in total. The van der Waals surface area contributed by atoms with Crippen LogP contribution < -0.4 is 0 Å². The molecule has 3 rings (SSSR count). The lowest BCUT2D eigenvalue weighted by Gasteiger charge is -2.38. The molecule has 0 atom stereocenters. The molecular weight excluding hydrogens is 585 g/mol. The Balaban J connectivity index is 1.69.